The van der Waals surface area contributed by atoms with E-state index in [1.54, 1.807) is 6.20 Å². The van der Waals surface area contributed by atoms with Crippen LogP contribution in [-0.4, -0.2) is 33.1 Å². The van der Waals surface area contributed by atoms with Gasteiger partial charge in [0, 0.05) is 23.4 Å². The molecule has 1 aromatic rings. The van der Waals surface area contributed by atoms with Crippen LogP contribution in [0, 0.1) is 18.3 Å². The monoisotopic (exact) mass is 438 g/mol. The molecule has 6 heteroatoms. The molecule has 2 heterocycles. The van der Waals surface area contributed by atoms with E-state index in [2.05, 4.69) is 30.6 Å². The van der Waals surface area contributed by atoms with Gasteiger partial charge in [0.15, 0.2) is 0 Å². The quantitative estimate of drug-likeness (QED) is 0.492. The smallest absolute Gasteiger partial charge is 0.126 e. The SMILES string of the molecule is C=C(c1cc(C(C)(C)/C=C\N)nc(C)n1)C1CCC[C@@]2(CCCCC23CCCO3)/C1=N\O. The molecule has 32 heavy (non-hydrogen) atoms. The number of ether oxygens (including phenoxy) is 1. The van der Waals surface area contributed by atoms with Crippen molar-refractivity contribution in [1.82, 2.24) is 9.97 Å². The van der Waals surface area contributed by atoms with Crippen LogP contribution in [-0.2, 0) is 10.2 Å². The van der Waals surface area contributed by atoms with Gasteiger partial charge in [-0.1, -0.05) is 50.9 Å². The summed E-state index contributed by atoms with van der Waals surface area (Å²) in [7, 11) is 0. The Hall–Kier alpha value is -2.21. The number of nitrogens with two attached hydrogens (primary N) is 1. The highest BCUT2D eigenvalue weighted by molar-refractivity contribution is 6.01. The predicted molar refractivity (Wildman–Crippen MR) is 128 cm³/mol. The molecule has 3 fully saturated rings. The maximum atomic E-state index is 10.4. The summed E-state index contributed by atoms with van der Waals surface area (Å²) in [6, 6.07) is 2.02. The normalized spacial score (nSPS) is 32.3. The lowest BCUT2D eigenvalue weighted by Crippen LogP contribution is -2.58. The summed E-state index contributed by atoms with van der Waals surface area (Å²) in [5.74, 6) is 0.668. The highest BCUT2D eigenvalue weighted by Gasteiger charge is 2.60. The molecule has 1 aliphatic heterocycles. The van der Waals surface area contributed by atoms with E-state index in [0.29, 0.717) is 5.82 Å². The number of rotatable bonds is 4. The Morgan fingerprint density at radius 1 is 1.22 bits per heavy atom. The molecule has 0 radical (unpaired) electrons. The van der Waals surface area contributed by atoms with Gasteiger partial charge in [0.2, 0.25) is 0 Å². The maximum absolute atomic E-state index is 10.4. The number of nitrogens with zero attached hydrogens (tertiary/aromatic N) is 3. The molecule has 3 N–H and O–H groups in total. The van der Waals surface area contributed by atoms with E-state index in [0.717, 1.165) is 80.6 Å². The molecule has 2 unspecified atom stereocenters. The van der Waals surface area contributed by atoms with Crippen molar-refractivity contribution in [2.24, 2.45) is 22.2 Å². The van der Waals surface area contributed by atoms with Crippen LogP contribution < -0.4 is 5.73 Å². The van der Waals surface area contributed by atoms with Gasteiger partial charge in [0.05, 0.1) is 22.7 Å². The lowest BCUT2D eigenvalue weighted by Gasteiger charge is -2.55. The topological polar surface area (TPSA) is 93.6 Å². The fourth-order valence-electron chi connectivity index (χ4n) is 6.57. The van der Waals surface area contributed by atoms with Crippen LogP contribution >= 0.6 is 0 Å². The lowest BCUT2D eigenvalue weighted by molar-refractivity contribution is -0.105. The van der Waals surface area contributed by atoms with Crippen molar-refractivity contribution < 1.29 is 9.94 Å². The van der Waals surface area contributed by atoms with Crippen molar-refractivity contribution in [3.05, 3.63) is 42.1 Å². The molecule has 2 aliphatic carbocycles. The van der Waals surface area contributed by atoms with Gasteiger partial charge in [-0.3, -0.25) is 0 Å². The average Bonchev–Trinajstić information content (AvgIpc) is 3.24. The number of aryl methyl sites for hydroxylation is 1. The summed E-state index contributed by atoms with van der Waals surface area (Å²) < 4.78 is 6.48. The Balaban J connectivity index is 1.73. The Labute approximate surface area is 192 Å². The van der Waals surface area contributed by atoms with Crippen LogP contribution in [0.2, 0.25) is 0 Å². The van der Waals surface area contributed by atoms with Crippen molar-refractivity contribution in [3.8, 4) is 0 Å². The zero-order chi connectivity index (χ0) is 23.0. The number of oxime groups is 1. The van der Waals surface area contributed by atoms with Crippen LogP contribution in [0.15, 0.2) is 30.1 Å². The standard InChI is InChI=1S/C26H38N4O2/c1-18(21-17-22(29-19(2)28-21)24(3,4)14-15-27)20-9-7-11-25(23(20)30-31)10-5-6-12-26(25)13-8-16-32-26/h14-15,17,20,31H,1,5-13,16,27H2,2-4H3/b15-14-,30-23-/t20?,25-,26?/m0/s1. The first kappa shape index (κ1) is 23.0. The van der Waals surface area contributed by atoms with Gasteiger partial charge >= 0.3 is 0 Å². The van der Waals surface area contributed by atoms with Gasteiger partial charge in [-0.25, -0.2) is 9.97 Å². The summed E-state index contributed by atoms with van der Waals surface area (Å²) in [5.41, 5.74) is 8.49. The first-order chi connectivity index (χ1) is 15.3. The van der Waals surface area contributed by atoms with Gasteiger partial charge in [0.25, 0.3) is 0 Å². The summed E-state index contributed by atoms with van der Waals surface area (Å²) >= 11 is 0. The Bertz CT molecular complexity index is 926. The van der Waals surface area contributed by atoms with Crippen LogP contribution in [0.3, 0.4) is 0 Å². The van der Waals surface area contributed by atoms with Crippen LogP contribution in [0.25, 0.3) is 5.57 Å². The first-order valence-corrected chi connectivity index (χ1v) is 12.1. The van der Waals surface area contributed by atoms with Gasteiger partial charge in [0.1, 0.15) is 5.82 Å². The minimum absolute atomic E-state index is 0.0387. The second kappa shape index (κ2) is 8.62. The third kappa shape index (κ3) is 3.66. The highest BCUT2D eigenvalue weighted by Crippen LogP contribution is 2.59. The Kier molecular flexibility index (Phi) is 6.19. The van der Waals surface area contributed by atoms with Crippen molar-refractivity contribution in [2.45, 2.75) is 89.6 Å². The van der Waals surface area contributed by atoms with Crippen molar-refractivity contribution in [1.29, 1.82) is 0 Å². The largest absolute Gasteiger partial charge is 0.411 e. The van der Waals surface area contributed by atoms with E-state index < -0.39 is 0 Å². The molecule has 0 aromatic carbocycles. The molecule has 0 bridgehead atoms. The average molecular weight is 439 g/mol. The molecule has 6 nitrogen and oxygen atoms in total. The second-order valence-electron chi connectivity index (χ2n) is 10.5. The van der Waals surface area contributed by atoms with Crippen LogP contribution in [0.1, 0.15) is 88.8 Å². The number of fused-ring (bicyclic) bond motifs is 1. The lowest BCUT2D eigenvalue weighted by atomic mass is 9.52. The third-order valence-electron chi connectivity index (χ3n) is 8.19. The molecule has 174 valence electrons. The van der Waals surface area contributed by atoms with Gasteiger partial charge in [-0.2, -0.15) is 0 Å². The third-order valence-corrected chi connectivity index (χ3v) is 8.19. The fourth-order valence-corrected chi connectivity index (χ4v) is 6.57. The number of allylic oxidation sites excluding steroid dienone is 2. The van der Waals surface area contributed by atoms with Crippen molar-refractivity contribution in [2.75, 3.05) is 6.61 Å². The number of hydrogen-bond acceptors (Lipinski definition) is 6. The summed E-state index contributed by atoms with van der Waals surface area (Å²) in [5, 5.41) is 14.4. The van der Waals surface area contributed by atoms with Crippen molar-refractivity contribution >= 4 is 11.3 Å². The van der Waals surface area contributed by atoms with Gasteiger partial charge < -0.3 is 15.7 Å². The van der Waals surface area contributed by atoms with E-state index in [4.69, 9.17) is 15.5 Å². The minimum Gasteiger partial charge on any atom is -0.411 e. The molecule has 4 rings (SSSR count). The first-order valence-electron chi connectivity index (χ1n) is 12.1. The molecule has 2 saturated carbocycles. The summed E-state index contributed by atoms with van der Waals surface area (Å²) in [6.45, 7) is 11.4. The molecule has 3 aliphatic rings. The van der Waals surface area contributed by atoms with E-state index in [9.17, 15) is 5.21 Å². The number of aromatic nitrogens is 2. The molecule has 1 saturated heterocycles. The minimum atomic E-state index is -0.315. The van der Waals surface area contributed by atoms with E-state index >= 15 is 0 Å². The van der Waals surface area contributed by atoms with Crippen LogP contribution in [0.5, 0.6) is 0 Å². The highest BCUT2D eigenvalue weighted by atomic mass is 16.5. The van der Waals surface area contributed by atoms with Crippen LogP contribution in [0.4, 0.5) is 0 Å². The van der Waals surface area contributed by atoms with E-state index in [-0.39, 0.29) is 22.3 Å². The molecular weight excluding hydrogens is 400 g/mol. The summed E-state index contributed by atoms with van der Waals surface area (Å²) in [6.07, 6.45) is 13.1. The number of hydrogen-bond donors (Lipinski definition) is 2. The van der Waals surface area contributed by atoms with Gasteiger partial charge in [-0.15, -0.1) is 0 Å². The zero-order valence-electron chi connectivity index (χ0n) is 19.9. The van der Waals surface area contributed by atoms with E-state index in [1.165, 1.54) is 6.42 Å². The molecule has 3 atom stereocenters. The zero-order valence-corrected chi connectivity index (χ0v) is 19.9. The van der Waals surface area contributed by atoms with Crippen molar-refractivity contribution in [3.63, 3.8) is 0 Å². The Morgan fingerprint density at radius 2 is 1.94 bits per heavy atom. The molecule has 1 aromatic heterocycles. The Morgan fingerprint density at radius 3 is 2.62 bits per heavy atom. The van der Waals surface area contributed by atoms with E-state index in [1.807, 2.05) is 19.1 Å². The predicted octanol–water partition coefficient (Wildman–Crippen LogP) is 5.29. The molecule has 0 amide bonds. The summed E-state index contributed by atoms with van der Waals surface area (Å²) in [4.78, 5) is 9.41. The fraction of sp³-hybridized carbons (Fsp3) is 0.654. The van der Waals surface area contributed by atoms with Gasteiger partial charge in [-0.05, 0) is 63.3 Å². The maximum Gasteiger partial charge on any atom is 0.126 e. The molecule has 2 spiro atoms. The molecular formula is C26H38N4O2. The second-order valence-corrected chi connectivity index (χ2v) is 10.5.